The van der Waals surface area contributed by atoms with Gasteiger partial charge in [0, 0.05) is 49.1 Å². The lowest BCUT2D eigenvalue weighted by Gasteiger charge is -2.40. The molecule has 2 saturated heterocycles. The molecule has 8 heteroatoms. The number of fused-ring (bicyclic) bond motifs is 2. The third kappa shape index (κ3) is 4.17. The molecule has 2 aliphatic heterocycles. The Morgan fingerprint density at radius 1 is 1.06 bits per heavy atom. The minimum Gasteiger partial charge on any atom is -0.373 e. The summed E-state index contributed by atoms with van der Waals surface area (Å²) in [5.41, 5.74) is 7.95. The van der Waals surface area contributed by atoms with Gasteiger partial charge in [-0.15, -0.1) is 0 Å². The highest BCUT2D eigenvalue weighted by molar-refractivity contribution is 5.84. The summed E-state index contributed by atoms with van der Waals surface area (Å²) in [5.74, 6) is 1.69. The topological polar surface area (TPSA) is 95.0 Å². The molecule has 178 valence electrons. The summed E-state index contributed by atoms with van der Waals surface area (Å²) >= 11 is 0. The molecule has 2 aromatic heterocycles. The minimum absolute atomic E-state index is 0.0470. The predicted octanol–water partition coefficient (Wildman–Crippen LogP) is 2.69. The van der Waals surface area contributed by atoms with Crippen LogP contribution in [-0.4, -0.2) is 64.9 Å². The average molecular weight is 454 g/mol. The van der Waals surface area contributed by atoms with Crippen LogP contribution in [0.15, 0.2) is 18.3 Å². The Balaban J connectivity index is 1.21. The van der Waals surface area contributed by atoms with Gasteiger partial charge in [-0.1, -0.05) is 12.8 Å². The fourth-order valence-corrected chi connectivity index (χ4v) is 6.49. The summed E-state index contributed by atoms with van der Waals surface area (Å²) < 4.78 is 13.7. The summed E-state index contributed by atoms with van der Waals surface area (Å²) in [5, 5.41) is 4.88. The van der Waals surface area contributed by atoms with Gasteiger partial charge in [-0.3, -0.25) is 4.79 Å². The van der Waals surface area contributed by atoms with Crippen molar-refractivity contribution in [3.63, 3.8) is 0 Å². The van der Waals surface area contributed by atoms with Crippen LogP contribution in [0.4, 0.5) is 5.82 Å². The summed E-state index contributed by atoms with van der Waals surface area (Å²) in [4.78, 5) is 20.8. The van der Waals surface area contributed by atoms with E-state index in [-0.39, 0.29) is 36.0 Å². The van der Waals surface area contributed by atoms with E-state index in [1.54, 1.807) is 0 Å². The molecular weight excluding hydrogens is 418 g/mol. The van der Waals surface area contributed by atoms with E-state index in [0.29, 0.717) is 19.0 Å². The van der Waals surface area contributed by atoms with Gasteiger partial charge in [0.15, 0.2) is 5.65 Å². The van der Waals surface area contributed by atoms with Crippen molar-refractivity contribution in [2.24, 2.45) is 17.6 Å². The zero-order chi connectivity index (χ0) is 22.4. The van der Waals surface area contributed by atoms with Crippen LogP contribution in [0.3, 0.4) is 0 Å². The average Bonchev–Trinajstić information content (AvgIpc) is 3.49. The van der Waals surface area contributed by atoms with Crippen LogP contribution in [0.25, 0.3) is 5.65 Å². The quantitative estimate of drug-likeness (QED) is 0.760. The predicted molar refractivity (Wildman–Crippen MR) is 124 cm³/mol. The number of nitrogens with two attached hydrogens (primary N) is 1. The van der Waals surface area contributed by atoms with Gasteiger partial charge < -0.3 is 20.1 Å². The first-order valence-corrected chi connectivity index (χ1v) is 12.8. The fraction of sp³-hybridized carbons (Fsp3) is 0.720. The van der Waals surface area contributed by atoms with Crippen molar-refractivity contribution < 1.29 is 14.3 Å². The molecule has 2 aliphatic carbocycles. The Hall–Kier alpha value is -2.03. The van der Waals surface area contributed by atoms with Crippen LogP contribution in [0.1, 0.15) is 63.0 Å². The number of ether oxygens (including phenoxy) is 2. The van der Waals surface area contributed by atoms with Crippen LogP contribution in [0, 0.1) is 11.8 Å². The molecule has 0 spiro atoms. The van der Waals surface area contributed by atoms with Gasteiger partial charge in [0.25, 0.3) is 0 Å². The Morgan fingerprint density at radius 3 is 2.76 bits per heavy atom. The number of rotatable bonds is 4. The number of Topliss-reactive ketones (excluding diaryl/α,β-unsaturated/α-hetero) is 1. The van der Waals surface area contributed by atoms with E-state index in [9.17, 15) is 4.79 Å². The number of carbonyl (C=O) groups excluding carboxylic acids is 1. The molecule has 4 aliphatic rings. The molecule has 4 fully saturated rings. The largest absolute Gasteiger partial charge is 0.373 e. The molecule has 0 radical (unpaired) electrons. The smallest absolute Gasteiger partial charge is 0.157 e. The highest BCUT2D eigenvalue weighted by Gasteiger charge is 2.42. The maximum atomic E-state index is 13.7. The second-order valence-electron chi connectivity index (χ2n) is 10.4. The molecule has 4 heterocycles. The van der Waals surface area contributed by atoms with Crippen molar-refractivity contribution in [1.82, 2.24) is 14.6 Å². The van der Waals surface area contributed by atoms with E-state index >= 15 is 0 Å². The molecule has 6 atom stereocenters. The number of aromatic nitrogens is 3. The van der Waals surface area contributed by atoms with Crippen LogP contribution in [-0.2, 0) is 14.3 Å². The van der Waals surface area contributed by atoms with Crippen LogP contribution < -0.4 is 10.6 Å². The van der Waals surface area contributed by atoms with E-state index < -0.39 is 0 Å². The van der Waals surface area contributed by atoms with Gasteiger partial charge in [-0.05, 0) is 44.6 Å². The fourth-order valence-electron chi connectivity index (χ4n) is 6.49. The van der Waals surface area contributed by atoms with E-state index in [1.807, 2.05) is 16.8 Å². The number of ketones is 1. The van der Waals surface area contributed by atoms with Gasteiger partial charge in [0.1, 0.15) is 11.6 Å². The van der Waals surface area contributed by atoms with Gasteiger partial charge >= 0.3 is 0 Å². The summed E-state index contributed by atoms with van der Waals surface area (Å²) in [6, 6.07) is 4.35. The van der Waals surface area contributed by atoms with Crippen LogP contribution in [0.5, 0.6) is 0 Å². The Morgan fingerprint density at radius 2 is 1.91 bits per heavy atom. The van der Waals surface area contributed by atoms with Gasteiger partial charge in [-0.2, -0.15) is 5.10 Å². The second kappa shape index (κ2) is 8.96. The standard InChI is InChI=1S/C25H35N5O3/c26-17-7-9-29(15-17)23-8-10-30-24(27-23)14-20(28-30)18-3-1-2-4-19(18)25(31)16-5-6-21-22(13-16)33-12-11-32-21/h8,10,14,16-19,21-22H,1-7,9,11-13,15,26H2/t16?,17-,18?,19?,21?,22?/m0/s1. The van der Waals surface area contributed by atoms with Crippen LogP contribution in [0.2, 0.25) is 0 Å². The molecule has 2 saturated carbocycles. The highest BCUT2D eigenvalue weighted by Crippen LogP contribution is 2.42. The maximum absolute atomic E-state index is 13.7. The molecule has 33 heavy (non-hydrogen) atoms. The zero-order valence-electron chi connectivity index (χ0n) is 19.3. The van der Waals surface area contributed by atoms with E-state index in [4.69, 9.17) is 25.3 Å². The minimum atomic E-state index is 0.0470. The Bertz CT molecular complexity index is 1010. The van der Waals surface area contributed by atoms with Crippen molar-refractivity contribution in [1.29, 1.82) is 0 Å². The van der Waals surface area contributed by atoms with Gasteiger partial charge in [0.2, 0.25) is 0 Å². The lowest BCUT2D eigenvalue weighted by atomic mass is 9.69. The molecule has 0 aromatic carbocycles. The highest BCUT2D eigenvalue weighted by atomic mass is 16.6. The van der Waals surface area contributed by atoms with Crippen molar-refractivity contribution in [3.05, 3.63) is 24.0 Å². The first-order valence-electron chi connectivity index (χ1n) is 12.8. The number of carbonyl (C=O) groups is 1. The molecule has 6 rings (SSSR count). The van der Waals surface area contributed by atoms with Crippen molar-refractivity contribution >= 4 is 17.2 Å². The van der Waals surface area contributed by atoms with Gasteiger partial charge in [0.05, 0.1) is 31.1 Å². The molecular formula is C25H35N5O3. The second-order valence-corrected chi connectivity index (χ2v) is 10.4. The maximum Gasteiger partial charge on any atom is 0.157 e. The normalized spacial score (nSPS) is 35.0. The summed E-state index contributed by atoms with van der Waals surface area (Å²) in [6.07, 6.45) is 10.2. The number of anilines is 1. The third-order valence-corrected chi connectivity index (χ3v) is 8.27. The lowest BCUT2D eigenvalue weighted by molar-refractivity contribution is -0.166. The molecule has 0 amide bonds. The van der Waals surface area contributed by atoms with Crippen molar-refractivity contribution in [2.75, 3.05) is 31.2 Å². The Kier molecular flexibility index (Phi) is 5.84. The summed E-state index contributed by atoms with van der Waals surface area (Å²) in [6.45, 7) is 3.12. The van der Waals surface area contributed by atoms with Gasteiger partial charge in [-0.25, -0.2) is 9.50 Å². The first-order chi connectivity index (χ1) is 16.2. The number of hydrogen-bond acceptors (Lipinski definition) is 7. The first kappa shape index (κ1) is 21.5. The van der Waals surface area contributed by atoms with Crippen molar-refractivity contribution in [3.8, 4) is 0 Å². The third-order valence-electron chi connectivity index (χ3n) is 8.27. The molecule has 2 aromatic rings. The molecule has 8 nitrogen and oxygen atoms in total. The van der Waals surface area contributed by atoms with E-state index in [0.717, 1.165) is 81.6 Å². The van der Waals surface area contributed by atoms with Crippen molar-refractivity contribution in [2.45, 2.75) is 75.5 Å². The van der Waals surface area contributed by atoms with Crippen LogP contribution >= 0.6 is 0 Å². The molecule has 0 bridgehead atoms. The lowest BCUT2D eigenvalue weighted by Crippen LogP contribution is -2.45. The molecule has 5 unspecified atom stereocenters. The SMILES string of the molecule is N[C@H]1CCN(c2ccn3nc(C4CCCCC4C(=O)C4CCC5OCCOC5C4)cc3n2)C1. The molecule has 2 N–H and O–H groups in total. The zero-order valence-corrected chi connectivity index (χ0v) is 19.3. The van der Waals surface area contributed by atoms with E-state index in [1.165, 1.54) is 0 Å². The summed E-state index contributed by atoms with van der Waals surface area (Å²) in [7, 11) is 0. The monoisotopic (exact) mass is 453 g/mol. The number of nitrogens with zero attached hydrogens (tertiary/aromatic N) is 4. The Labute approximate surface area is 194 Å². The van der Waals surface area contributed by atoms with E-state index in [2.05, 4.69) is 11.0 Å². The number of hydrogen-bond donors (Lipinski definition) is 1.